The summed E-state index contributed by atoms with van der Waals surface area (Å²) in [6.07, 6.45) is 0.502. The predicted molar refractivity (Wildman–Crippen MR) is 121 cm³/mol. The quantitative estimate of drug-likeness (QED) is 0.433. The zero-order valence-corrected chi connectivity index (χ0v) is 19.7. The van der Waals surface area contributed by atoms with Gasteiger partial charge in [-0.05, 0) is 57.4 Å². The van der Waals surface area contributed by atoms with Crippen molar-refractivity contribution >= 4 is 54.8 Å². The van der Waals surface area contributed by atoms with Crippen LogP contribution in [0.15, 0.2) is 41.3 Å². The first-order valence-electron chi connectivity index (χ1n) is 9.26. The first-order valence-corrected chi connectivity index (χ1v) is 11.7. The molecule has 0 aliphatic carbocycles. The second-order valence-corrected chi connectivity index (χ2v) is 10.1. The van der Waals surface area contributed by atoms with E-state index in [4.69, 9.17) is 0 Å². The molecule has 0 fully saturated rings. The van der Waals surface area contributed by atoms with Gasteiger partial charge in [0.2, 0.25) is 5.91 Å². The van der Waals surface area contributed by atoms with Crippen molar-refractivity contribution in [3.05, 3.63) is 53.8 Å². The molecule has 0 aliphatic rings. The summed E-state index contributed by atoms with van der Waals surface area (Å²) in [5.41, 5.74) is -0.0896. The van der Waals surface area contributed by atoms with Crippen LogP contribution in [0.5, 0.6) is 0 Å². The number of carbonyl (C=O) groups is 1. The molecule has 0 radical (unpaired) electrons. The van der Waals surface area contributed by atoms with Crippen LogP contribution >= 0.6 is 23.7 Å². The third-order valence-corrected chi connectivity index (χ3v) is 7.05. The Morgan fingerprint density at radius 2 is 1.69 bits per heavy atom. The Kier molecular flexibility index (Phi) is 8.63. The summed E-state index contributed by atoms with van der Waals surface area (Å²) in [5, 5.41) is 0.0811. The lowest BCUT2D eigenvalue weighted by Gasteiger charge is -2.21. The van der Waals surface area contributed by atoms with Crippen molar-refractivity contribution in [3.63, 3.8) is 0 Å². The molecule has 3 aromatic rings. The molecule has 0 bridgehead atoms. The van der Waals surface area contributed by atoms with Gasteiger partial charge in [-0.25, -0.2) is 26.6 Å². The molecule has 0 aliphatic heterocycles. The zero-order valence-electron chi connectivity index (χ0n) is 17.2. The van der Waals surface area contributed by atoms with E-state index < -0.39 is 38.9 Å². The summed E-state index contributed by atoms with van der Waals surface area (Å²) >= 11 is 0.901. The monoisotopic (exact) mass is 507 g/mol. The smallest absolute Gasteiger partial charge is 0.244 e. The van der Waals surface area contributed by atoms with E-state index in [0.717, 1.165) is 41.7 Å². The van der Waals surface area contributed by atoms with Crippen LogP contribution < -0.4 is 4.90 Å². The predicted octanol–water partition coefficient (Wildman–Crippen LogP) is 3.89. The van der Waals surface area contributed by atoms with Gasteiger partial charge in [-0.3, -0.25) is 9.69 Å². The molecule has 3 rings (SSSR count). The van der Waals surface area contributed by atoms with Crippen LogP contribution in [0.1, 0.15) is 6.42 Å². The lowest BCUT2D eigenvalue weighted by Crippen LogP contribution is -2.37. The van der Waals surface area contributed by atoms with Crippen molar-refractivity contribution in [3.8, 4) is 0 Å². The van der Waals surface area contributed by atoms with Crippen molar-refractivity contribution < 1.29 is 26.4 Å². The van der Waals surface area contributed by atoms with Crippen LogP contribution in [0.2, 0.25) is 0 Å². The molecule has 0 unspecified atom stereocenters. The minimum absolute atomic E-state index is 0. The zero-order chi connectivity index (χ0) is 22.8. The van der Waals surface area contributed by atoms with E-state index in [1.807, 2.05) is 19.0 Å². The Bertz CT molecular complexity index is 1200. The Labute approximate surface area is 194 Å². The van der Waals surface area contributed by atoms with Gasteiger partial charge in [0.05, 0.1) is 9.60 Å². The number of anilines is 1. The largest absolute Gasteiger partial charge is 0.309 e. The average Bonchev–Trinajstić information content (AvgIpc) is 3.08. The first-order chi connectivity index (χ1) is 14.6. The standard InChI is InChI=1S/C20H20F3N3O3S2.ClH/c1-25(2)8-3-9-26(20-24-19-16(23)10-14(22)11-17(19)30-20)18(27)12-31(28,29)15-6-4-13(21)5-7-15;/h4-7,10-11H,3,8-9,12H2,1-2H3;1H. The fourth-order valence-electron chi connectivity index (χ4n) is 2.90. The highest BCUT2D eigenvalue weighted by atomic mass is 35.5. The maximum Gasteiger partial charge on any atom is 0.244 e. The molecule has 6 nitrogen and oxygen atoms in total. The number of rotatable bonds is 8. The SMILES string of the molecule is CN(C)CCCN(C(=O)CS(=O)(=O)c1ccc(F)cc1)c1nc2c(F)cc(F)cc2s1.Cl. The highest BCUT2D eigenvalue weighted by Crippen LogP contribution is 2.31. The van der Waals surface area contributed by atoms with Crippen molar-refractivity contribution in [1.82, 2.24) is 9.88 Å². The molecule has 0 spiro atoms. The lowest BCUT2D eigenvalue weighted by molar-refractivity contribution is -0.116. The van der Waals surface area contributed by atoms with E-state index in [0.29, 0.717) is 19.0 Å². The summed E-state index contributed by atoms with van der Waals surface area (Å²) in [5.74, 6) is -3.86. The number of benzene rings is 2. The maximum atomic E-state index is 14.1. The third-order valence-electron chi connectivity index (χ3n) is 4.41. The van der Waals surface area contributed by atoms with Gasteiger partial charge in [0.15, 0.2) is 20.8 Å². The normalized spacial score (nSPS) is 11.6. The summed E-state index contributed by atoms with van der Waals surface area (Å²) in [6, 6.07) is 5.98. The molecule has 0 saturated carbocycles. The van der Waals surface area contributed by atoms with Gasteiger partial charge in [0, 0.05) is 12.6 Å². The van der Waals surface area contributed by atoms with E-state index >= 15 is 0 Å². The highest BCUT2D eigenvalue weighted by Gasteiger charge is 2.27. The fraction of sp³-hybridized carbons (Fsp3) is 0.300. The molecular formula is C20H21ClF3N3O3S2. The number of amides is 1. The molecule has 174 valence electrons. The van der Waals surface area contributed by atoms with E-state index in [9.17, 15) is 26.4 Å². The highest BCUT2D eigenvalue weighted by molar-refractivity contribution is 7.92. The number of aromatic nitrogens is 1. The number of hydrogen-bond acceptors (Lipinski definition) is 6. The number of halogens is 4. The van der Waals surface area contributed by atoms with Gasteiger partial charge in [-0.1, -0.05) is 11.3 Å². The molecular weight excluding hydrogens is 487 g/mol. The molecule has 32 heavy (non-hydrogen) atoms. The number of carbonyl (C=O) groups excluding carboxylic acids is 1. The fourth-order valence-corrected chi connectivity index (χ4v) is 5.15. The van der Waals surface area contributed by atoms with E-state index in [1.165, 1.54) is 4.90 Å². The van der Waals surface area contributed by atoms with Gasteiger partial charge >= 0.3 is 0 Å². The molecule has 1 heterocycles. The van der Waals surface area contributed by atoms with Crippen molar-refractivity contribution in [1.29, 1.82) is 0 Å². The van der Waals surface area contributed by atoms with E-state index in [2.05, 4.69) is 4.98 Å². The number of fused-ring (bicyclic) bond motifs is 1. The van der Waals surface area contributed by atoms with Crippen molar-refractivity contribution in [2.75, 3.05) is 37.8 Å². The second kappa shape index (κ2) is 10.6. The number of sulfone groups is 1. The molecule has 0 atom stereocenters. The minimum atomic E-state index is -4.04. The van der Waals surface area contributed by atoms with Gasteiger partial charge in [0.1, 0.15) is 22.9 Å². The number of nitrogens with zero attached hydrogens (tertiary/aromatic N) is 3. The van der Waals surface area contributed by atoms with Crippen LogP contribution in [0.25, 0.3) is 10.2 Å². The second-order valence-electron chi connectivity index (χ2n) is 7.15. The topological polar surface area (TPSA) is 70.6 Å². The molecule has 1 aromatic heterocycles. The van der Waals surface area contributed by atoms with Gasteiger partial charge in [-0.15, -0.1) is 12.4 Å². The molecule has 1 amide bonds. The Hall–Kier alpha value is -2.21. The van der Waals surface area contributed by atoms with Crippen LogP contribution in [-0.2, 0) is 14.6 Å². The Balaban J connectivity index is 0.00000363. The summed E-state index contributed by atoms with van der Waals surface area (Å²) < 4.78 is 66.2. The molecule has 0 saturated heterocycles. The van der Waals surface area contributed by atoms with Gasteiger partial charge < -0.3 is 4.90 Å². The number of hydrogen-bond donors (Lipinski definition) is 0. The summed E-state index contributed by atoms with van der Waals surface area (Å²) in [6.45, 7) is 0.752. The van der Waals surface area contributed by atoms with Crippen molar-refractivity contribution in [2.24, 2.45) is 0 Å². The van der Waals surface area contributed by atoms with Gasteiger partial charge in [-0.2, -0.15) is 0 Å². The van der Waals surface area contributed by atoms with E-state index in [-0.39, 0.29) is 39.2 Å². The summed E-state index contributed by atoms with van der Waals surface area (Å²) in [7, 11) is -0.345. The summed E-state index contributed by atoms with van der Waals surface area (Å²) in [4.78, 5) is 20.0. The van der Waals surface area contributed by atoms with E-state index in [1.54, 1.807) is 0 Å². The number of thiazole rings is 1. The van der Waals surface area contributed by atoms with Crippen molar-refractivity contribution in [2.45, 2.75) is 11.3 Å². The molecule has 12 heteroatoms. The van der Waals surface area contributed by atoms with Crippen LogP contribution in [0.4, 0.5) is 18.3 Å². The van der Waals surface area contributed by atoms with Crippen LogP contribution in [0.3, 0.4) is 0 Å². The average molecular weight is 508 g/mol. The lowest BCUT2D eigenvalue weighted by atomic mass is 10.3. The maximum absolute atomic E-state index is 14.1. The molecule has 2 aromatic carbocycles. The Morgan fingerprint density at radius 1 is 1.03 bits per heavy atom. The Morgan fingerprint density at radius 3 is 2.31 bits per heavy atom. The van der Waals surface area contributed by atoms with Crippen LogP contribution in [-0.4, -0.2) is 57.1 Å². The van der Waals surface area contributed by atoms with Gasteiger partial charge in [0.25, 0.3) is 0 Å². The molecule has 0 N–H and O–H groups in total. The first kappa shape index (κ1) is 26.0. The third kappa shape index (κ3) is 6.18. The van der Waals surface area contributed by atoms with Crippen LogP contribution in [0, 0.1) is 17.5 Å². The minimum Gasteiger partial charge on any atom is -0.309 e.